The van der Waals surface area contributed by atoms with Crippen molar-refractivity contribution in [1.82, 2.24) is 24.4 Å². The van der Waals surface area contributed by atoms with Crippen LogP contribution in [0.15, 0.2) is 17.3 Å². The minimum Gasteiger partial charge on any atom is -0.340 e. The molecule has 3 heterocycles. The van der Waals surface area contributed by atoms with E-state index in [0.717, 1.165) is 36.5 Å². The Morgan fingerprint density at radius 3 is 3.05 bits per heavy atom. The molecule has 6 heteroatoms. The van der Waals surface area contributed by atoms with Gasteiger partial charge in [0.2, 0.25) is 0 Å². The Hall–Kier alpha value is -1.95. The van der Waals surface area contributed by atoms with E-state index >= 15 is 0 Å². The van der Waals surface area contributed by atoms with Crippen LogP contribution in [-0.2, 0) is 26.6 Å². The molecule has 2 aromatic rings. The van der Waals surface area contributed by atoms with Crippen LogP contribution in [0.5, 0.6) is 0 Å². The van der Waals surface area contributed by atoms with Gasteiger partial charge in [-0.3, -0.25) is 9.69 Å². The quantitative estimate of drug-likeness (QED) is 0.846. The van der Waals surface area contributed by atoms with Crippen LogP contribution in [0.25, 0.3) is 0 Å². The fourth-order valence-electron chi connectivity index (χ4n) is 2.52. The van der Waals surface area contributed by atoms with Crippen LogP contribution < -0.4 is 5.56 Å². The largest absolute Gasteiger partial charge is 0.340 e. The second kappa shape index (κ2) is 4.62. The van der Waals surface area contributed by atoms with Gasteiger partial charge in [-0.1, -0.05) is 0 Å². The first-order chi connectivity index (χ1) is 9.11. The first-order valence-corrected chi connectivity index (χ1v) is 6.39. The molecule has 1 aliphatic rings. The average molecular weight is 259 g/mol. The van der Waals surface area contributed by atoms with Gasteiger partial charge in [-0.2, -0.15) is 0 Å². The van der Waals surface area contributed by atoms with E-state index in [1.165, 1.54) is 0 Å². The number of nitrogens with zero attached hydrogens (tertiary/aromatic N) is 4. The van der Waals surface area contributed by atoms with Crippen molar-refractivity contribution >= 4 is 0 Å². The SMILES string of the molecule is Cc1nc2c(c(=O)[nH]1)CN(Cc1cn(C)cn1)CC2. The number of aromatic nitrogens is 4. The number of rotatable bonds is 2. The van der Waals surface area contributed by atoms with Crippen molar-refractivity contribution < 1.29 is 0 Å². The van der Waals surface area contributed by atoms with Crippen LogP contribution in [0.4, 0.5) is 0 Å². The van der Waals surface area contributed by atoms with Crippen LogP contribution >= 0.6 is 0 Å². The Morgan fingerprint density at radius 2 is 2.32 bits per heavy atom. The topological polar surface area (TPSA) is 66.8 Å². The average Bonchev–Trinajstić information content (AvgIpc) is 2.75. The lowest BCUT2D eigenvalue weighted by Crippen LogP contribution is -2.35. The summed E-state index contributed by atoms with van der Waals surface area (Å²) in [5.74, 6) is 0.696. The van der Waals surface area contributed by atoms with Crippen LogP contribution in [0.1, 0.15) is 22.8 Å². The second-order valence-corrected chi connectivity index (χ2v) is 5.07. The van der Waals surface area contributed by atoms with Crippen LogP contribution in [0.2, 0.25) is 0 Å². The smallest absolute Gasteiger partial charge is 0.255 e. The van der Waals surface area contributed by atoms with Crippen molar-refractivity contribution in [3.05, 3.63) is 45.7 Å². The molecule has 0 saturated carbocycles. The molecule has 3 rings (SSSR count). The van der Waals surface area contributed by atoms with Gasteiger partial charge in [-0.25, -0.2) is 9.97 Å². The number of imidazole rings is 1. The lowest BCUT2D eigenvalue weighted by molar-refractivity contribution is 0.239. The monoisotopic (exact) mass is 259 g/mol. The molecule has 0 unspecified atom stereocenters. The lowest BCUT2D eigenvalue weighted by Gasteiger charge is -2.26. The fraction of sp³-hybridized carbons (Fsp3) is 0.462. The molecule has 19 heavy (non-hydrogen) atoms. The summed E-state index contributed by atoms with van der Waals surface area (Å²) in [6.07, 6.45) is 4.63. The maximum atomic E-state index is 11.9. The molecule has 0 radical (unpaired) electrons. The molecular weight excluding hydrogens is 242 g/mol. The third-order valence-corrected chi connectivity index (χ3v) is 3.41. The van der Waals surface area contributed by atoms with Crippen LogP contribution in [0, 0.1) is 6.92 Å². The third-order valence-electron chi connectivity index (χ3n) is 3.41. The van der Waals surface area contributed by atoms with Gasteiger partial charge in [0.25, 0.3) is 5.56 Å². The number of hydrogen-bond donors (Lipinski definition) is 1. The summed E-state index contributed by atoms with van der Waals surface area (Å²) in [5.41, 5.74) is 2.77. The van der Waals surface area contributed by atoms with Crippen molar-refractivity contribution in [1.29, 1.82) is 0 Å². The summed E-state index contributed by atoms with van der Waals surface area (Å²) in [6, 6.07) is 0. The maximum absolute atomic E-state index is 11.9. The predicted molar refractivity (Wildman–Crippen MR) is 70.6 cm³/mol. The minimum atomic E-state index is -0.00628. The van der Waals surface area contributed by atoms with Gasteiger partial charge in [0.1, 0.15) is 5.82 Å². The zero-order valence-electron chi connectivity index (χ0n) is 11.2. The van der Waals surface area contributed by atoms with Crippen LogP contribution in [-0.4, -0.2) is 31.0 Å². The zero-order valence-corrected chi connectivity index (χ0v) is 11.2. The van der Waals surface area contributed by atoms with Gasteiger partial charge < -0.3 is 9.55 Å². The maximum Gasteiger partial charge on any atom is 0.255 e. The minimum absolute atomic E-state index is 0.00628. The molecule has 1 N–H and O–H groups in total. The summed E-state index contributed by atoms with van der Waals surface area (Å²) >= 11 is 0. The van der Waals surface area contributed by atoms with Crippen molar-refractivity contribution in [2.24, 2.45) is 7.05 Å². The van der Waals surface area contributed by atoms with Gasteiger partial charge in [0.05, 0.1) is 23.3 Å². The molecule has 1 aliphatic heterocycles. The molecule has 6 nitrogen and oxygen atoms in total. The van der Waals surface area contributed by atoms with Crippen molar-refractivity contribution in [2.75, 3.05) is 6.54 Å². The van der Waals surface area contributed by atoms with E-state index in [2.05, 4.69) is 19.9 Å². The number of nitrogens with one attached hydrogen (secondary N) is 1. The van der Waals surface area contributed by atoms with Gasteiger partial charge >= 0.3 is 0 Å². The number of hydrogen-bond acceptors (Lipinski definition) is 4. The molecule has 0 bridgehead atoms. The third kappa shape index (κ3) is 2.44. The summed E-state index contributed by atoms with van der Waals surface area (Å²) in [5, 5.41) is 0. The van der Waals surface area contributed by atoms with E-state index in [9.17, 15) is 4.79 Å². The van der Waals surface area contributed by atoms with Gasteiger partial charge in [0.15, 0.2) is 0 Å². The Labute approximate surface area is 111 Å². The molecule has 0 saturated heterocycles. The summed E-state index contributed by atoms with van der Waals surface area (Å²) < 4.78 is 1.94. The molecule has 0 amide bonds. The van der Waals surface area contributed by atoms with Crippen LogP contribution in [0.3, 0.4) is 0 Å². The highest BCUT2D eigenvalue weighted by molar-refractivity contribution is 5.20. The van der Waals surface area contributed by atoms with Crippen molar-refractivity contribution in [2.45, 2.75) is 26.4 Å². The Bertz CT molecular complexity index is 657. The highest BCUT2D eigenvalue weighted by atomic mass is 16.1. The molecular formula is C13H17N5O. The van der Waals surface area contributed by atoms with E-state index in [1.807, 2.05) is 24.7 Å². The molecule has 2 aromatic heterocycles. The predicted octanol–water partition coefficient (Wildman–Crippen LogP) is 0.370. The Morgan fingerprint density at radius 1 is 1.47 bits per heavy atom. The summed E-state index contributed by atoms with van der Waals surface area (Å²) in [4.78, 5) is 25.7. The highest BCUT2D eigenvalue weighted by Gasteiger charge is 2.21. The second-order valence-electron chi connectivity index (χ2n) is 5.07. The molecule has 0 spiro atoms. The molecule has 0 aliphatic carbocycles. The molecule has 0 fully saturated rings. The number of H-pyrrole nitrogens is 1. The normalized spacial score (nSPS) is 15.5. The van der Waals surface area contributed by atoms with E-state index in [4.69, 9.17) is 0 Å². The Balaban J connectivity index is 1.80. The first kappa shape index (κ1) is 12.1. The fourth-order valence-corrected chi connectivity index (χ4v) is 2.52. The van der Waals surface area contributed by atoms with E-state index in [1.54, 1.807) is 6.33 Å². The van der Waals surface area contributed by atoms with Gasteiger partial charge in [-0.15, -0.1) is 0 Å². The van der Waals surface area contributed by atoms with Crippen molar-refractivity contribution in [3.8, 4) is 0 Å². The molecule has 100 valence electrons. The van der Waals surface area contributed by atoms with Gasteiger partial charge in [-0.05, 0) is 6.92 Å². The lowest BCUT2D eigenvalue weighted by atomic mass is 10.1. The number of aromatic amines is 1. The van der Waals surface area contributed by atoms with E-state index < -0.39 is 0 Å². The Kier molecular flexibility index (Phi) is 2.94. The highest BCUT2D eigenvalue weighted by Crippen LogP contribution is 2.15. The zero-order chi connectivity index (χ0) is 13.4. The molecule has 0 atom stereocenters. The van der Waals surface area contributed by atoms with E-state index in [0.29, 0.717) is 12.4 Å². The number of fused-ring (bicyclic) bond motifs is 1. The van der Waals surface area contributed by atoms with E-state index in [-0.39, 0.29) is 5.56 Å². The van der Waals surface area contributed by atoms with Crippen molar-refractivity contribution in [3.63, 3.8) is 0 Å². The first-order valence-electron chi connectivity index (χ1n) is 6.39. The standard InChI is InChI=1S/C13H17N5O/c1-9-15-12-3-4-18(7-11(12)13(19)16-9)6-10-5-17(2)8-14-10/h5,8H,3-4,6-7H2,1-2H3,(H,15,16,19). The number of aryl methyl sites for hydroxylation is 2. The molecule has 0 aromatic carbocycles. The summed E-state index contributed by atoms with van der Waals surface area (Å²) in [6.45, 7) is 4.16. The summed E-state index contributed by atoms with van der Waals surface area (Å²) in [7, 11) is 1.96. The van der Waals surface area contributed by atoms with Gasteiger partial charge in [0, 0.05) is 39.3 Å².